The summed E-state index contributed by atoms with van der Waals surface area (Å²) in [5.74, 6) is -0.157. The van der Waals surface area contributed by atoms with E-state index in [0.717, 1.165) is 25.7 Å². The SMILES string of the molecule is CCOC(=O)CNS(=O)(=O)CC1CCCCC1. The van der Waals surface area contributed by atoms with Crippen molar-refractivity contribution in [2.75, 3.05) is 18.9 Å². The Morgan fingerprint density at radius 2 is 1.94 bits per heavy atom. The first-order valence-electron chi connectivity index (χ1n) is 6.16. The molecule has 0 heterocycles. The van der Waals surface area contributed by atoms with E-state index >= 15 is 0 Å². The van der Waals surface area contributed by atoms with Gasteiger partial charge in [-0.25, -0.2) is 13.1 Å². The third-order valence-corrected chi connectivity index (χ3v) is 4.42. The molecule has 0 spiro atoms. The summed E-state index contributed by atoms with van der Waals surface area (Å²) in [7, 11) is -3.35. The van der Waals surface area contributed by atoms with Gasteiger partial charge in [-0.2, -0.15) is 0 Å². The monoisotopic (exact) mass is 263 g/mol. The Bertz CT molecular complexity index is 333. The van der Waals surface area contributed by atoms with Gasteiger partial charge in [0.1, 0.15) is 6.54 Å². The number of sulfonamides is 1. The predicted octanol–water partition coefficient (Wildman–Crippen LogP) is 1.05. The average molecular weight is 263 g/mol. The summed E-state index contributed by atoms with van der Waals surface area (Å²) >= 11 is 0. The molecule has 0 aliphatic heterocycles. The molecular weight excluding hydrogens is 242 g/mol. The zero-order chi connectivity index (χ0) is 12.7. The fraction of sp³-hybridized carbons (Fsp3) is 0.909. The molecule has 0 radical (unpaired) electrons. The van der Waals surface area contributed by atoms with Gasteiger partial charge in [0.25, 0.3) is 0 Å². The van der Waals surface area contributed by atoms with Crippen LogP contribution in [0.15, 0.2) is 0 Å². The molecular formula is C11H21NO4S. The summed E-state index contributed by atoms with van der Waals surface area (Å²) in [4.78, 5) is 11.0. The van der Waals surface area contributed by atoms with Gasteiger partial charge >= 0.3 is 5.97 Å². The number of carbonyl (C=O) groups is 1. The highest BCUT2D eigenvalue weighted by atomic mass is 32.2. The van der Waals surface area contributed by atoms with Gasteiger partial charge in [-0.05, 0) is 25.7 Å². The molecule has 17 heavy (non-hydrogen) atoms. The fourth-order valence-electron chi connectivity index (χ4n) is 2.10. The molecule has 0 unspecified atom stereocenters. The Hall–Kier alpha value is -0.620. The summed E-state index contributed by atoms with van der Waals surface area (Å²) in [6, 6.07) is 0. The Labute approximate surface area is 103 Å². The maximum absolute atomic E-state index is 11.7. The van der Waals surface area contributed by atoms with Gasteiger partial charge in [-0.1, -0.05) is 19.3 Å². The van der Waals surface area contributed by atoms with Crippen molar-refractivity contribution in [2.24, 2.45) is 5.92 Å². The van der Waals surface area contributed by atoms with Crippen LogP contribution in [-0.2, 0) is 19.6 Å². The Balaban J connectivity index is 2.32. The van der Waals surface area contributed by atoms with Gasteiger partial charge in [-0.3, -0.25) is 4.79 Å². The van der Waals surface area contributed by atoms with Crippen LogP contribution in [-0.4, -0.2) is 33.3 Å². The van der Waals surface area contributed by atoms with Crippen LogP contribution >= 0.6 is 0 Å². The molecule has 1 N–H and O–H groups in total. The maximum Gasteiger partial charge on any atom is 0.320 e. The Morgan fingerprint density at radius 3 is 2.53 bits per heavy atom. The van der Waals surface area contributed by atoms with Crippen LogP contribution in [0.5, 0.6) is 0 Å². The van der Waals surface area contributed by atoms with Gasteiger partial charge in [0, 0.05) is 0 Å². The lowest BCUT2D eigenvalue weighted by Gasteiger charge is -2.21. The van der Waals surface area contributed by atoms with Crippen LogP contribution in [0.3, 0.4) is 0 Å². The third-order valence-electron chi connectivity index (χ3n) is 2.92. The summed E-state index contributed by atoms with van der Waals surface area (Å²) in [6.45, 7) is 1.69. The van der Waals surface area contributed by atoms with Crippen LogP contribution in [0.2, 0.25) is 0 Å². The summed E-state index contributed by atoms with van der Waals surface area (Å²) in [6.07, 6.45) is 5.36. The summed E-state index contributed by atoms with van der Waals surface area (Å²) in [5.41, 5.74) is 0. The minimum absolute atomic E-state index is 0.131. The van der Waals surface area contributed by atoms with E-state index in [2.05, 4.69) is 9.46 Å². The van der Waals surface area contributed by atoms with Crippen LogP contribution in [0, 0.1) is 5.92 Å². The van der Waals surface area contributed by atoms with Gasteiger partial charge < -0.3 is 4.74 Å². The van der Waals surface area contributed by atoms with E-state index in [1.54, 1.807) is 6.92 Å². The summed E-state index contributed by atoms with van der Waals surface area (Å²) < 4.78 is 30.3. The quantitative estimate of drug-likeness (QED) is 0.727. The van der Waals surface area contributed by atoms with Crippen LogP contribution < -0.4 is 4.72 Å². The predicted molar refractivity (Wildman–Crippen MR) is 65.0 cm³/mol. The topological polar surface area (TPSA) is 72.5 Å². The normalized spacial score (nSPS) is 17.9. The molecule has 100 valence electrons. The van der Waals surface area contributed by atoms with Gasteiger partial charge in [-0.15, -0.1) is 0 Å². The van der Waals surface area contributed by atoms with E-state index in [9.17, 15) is 13.2 Å². The third kappa shape index (κ3) is 6.02. The van der Waals surface area contributed by atoms with Crippen LogP contribution in [0.1, 0.15) is 39.0 Å². The van der Waals surface area contributed by atoms with E-state index in [-0.39, 0.29) is 24.8 Å². The largest absolute Gasteiger partial charge is 0.465 e. The molecule has 1 saturated carbocycles. The average Bonchev–Trinajstić information content (AvgIpc) is 2.28. The molecule has 0 aromatic heterocycles. The Kier molecular flexibility index (Phi) is 5.91. The highest BCUT2D eigenvalue weighted by Gasteiger charge is 2.21. The van der Waals surface area contributed by atoms with E-state index in [4.69, 9.17) is 0 Å². The standard InChI is InChI=1S/C11H21NO4S/c1-2-16-11(13)8-12-17(14,15)9-10-6-4-3-5-7-10/h10,12H,2-9H2,1H3. The molecule has 1 aliphatic carbocycles. The summed E-state index contributed by atoms with van der Waals surface area (Å²) in [5, 5.41) is 0. The number of hydrogen-bond donors (Lipinski definition) is 1. The first-order chi connectivity index (χ1) is 8.03. The highest BCUT2D eigenvalue weighted by Crippen LogP contribution is 2.24. The van der Waals surface area contributed by atoms with Crippen LogP contribution in [0.25, 0.3) is 0 Å². The van der Waals surface area contributed by atoms with Crippen molar-refractivity contribution in [2.45, 2.75) is 39.0 Å². The molecule has 1 rings (SSSR count). The molecule has 5 nitrogen and oxygen atoms in total. The van der Waals surface area contributed by atoms with E-state index in [0.29, 0.717) is 0 Å². The molecule has 0 saturated heterocycles. The number of carbonyl (C=O) groups excluding carboxylic acids is 1. The lowest BCUT2D eigenvalue weighted by Crippen LogP contribution is -2.35. The second kappa shape index (κ2) is 6.96. The molecule has 1 fully saturated rings. The molecule has 1 aliphatic rings. The van der Waals surface area contributed by atoms with E-state index in [1.807, 2.05) is 0 Å². The van der Waals surface area contributed by atoms with Crippen molar-refractivity contribution in [3.8, 4) is 0 Å². The van der Waals surface area contributed by atoms with E-state index in [1.165, 1.54) is 6.42 Å². The zero-order valence-electron chi connectivity index (χ0n) is 10.3. The zero-order valence-corrected chi connectivity index (χ0v) is 11.1. The second-order valence-corrected chi connectivity index (χ2v) is 6.26. The molecule has 0 aromatic carbocycles. The van der Waals surface area contributed by atoms with Gasteiger partial charge in [0.2, 0.25) is 10.0 Å². The van der Waals surface area contributed by atoms with Crippen molar-refractivity contribution in [1.82, 2.24) is 4.72 Å². The fourth-order valence-corrected chi connectivity index (χ4v) is 3.51. The minimum atomic E-state index is -3.35. The smallest absolute Gasteiger partial charge is 0.320 e. The molecule has 6 heteroatoms. The number of nitrogens with one attached hydrogen (secondary N) is 1. The number of esters is 1. The Morgan fingerprint density at radius 1 is 1.29 bits per heavy atom. The van der Waals surface area contributed by atoms with Crippen molar-refractivity contribution < 1.29 is 17.9 Å². The molecule has 0 bridgehead atoms. The lowest BCUT2D eigenvalue weighted by molar-refractivity contribution is -0.141. The second-order valence-electron chi connectivity index (χ2n) is 4.41. The lowest BCUT2D eigenvalue weighted by atomic mass is 9.91. The molecule has 0 amide bonds. The highest BCUT2D eigenvalue weighted by molar-refractivity contribution is 7.89. The van der Waals surface area contributed by atoms with Crippen molar-refractivity contribution in [3.05, 3.63) is 0 Å². The number of ether oxygens (including phenoxy) is 1. The minimum Gasteiger partial charge on any atom is -0.465 e. The molecule has 0 aromatic rings. The van der Waals surface area contributed by atoms with Crippen molar-refractivity contribution in [1.29, 1.82) is 0 Å². The molecule has 0 atom stereocenters. The van der Waals surface area contributed by atoms with Crippen molar-refractivity contribution in [3.63, 3.8) is 0 Å². The first-order valence-corrected chi connectivity index (χ1v) is 7.81. The maximum atomic E-state index is 11.7. The number of rotatable bonds is 6. The van der Waals surface area contributed by atoms with Crippen molar-refractivity contribution >= 4 is 16.0 Å². The van der Waals surface area contributed by atoms with Crippen LogP contribution in [0.4, 0.5) is 0 Å². The van der Waals surface area contributed by atoms with Gasteiger partial charge in [0.05, 0.1) is 12.4 Å². The van der Waals surface area contributed by atoms with E-state index < -0.39 is 16.0 Å². The number of hydrogen-bond acceptors (Lipinski definition) is 4. The van der Waals surface area contributed by atoms with Gasteiger partial charge in [0.15, 0.2) is 0 Å². The first kappa shape index (κ1) is 14.4.